The van der Waals surface area contributed by atoms with Crippen LogP contribution in [0.3, 0.4) is 0 Å². The van der Waals surface area contributed by atoms with E-state index in [1.54, 1.807) is 0 Å². The molecule has 4 heteroatoms. The number of pyridine rings is 1. The van der Waals surface area contributed by atoms with Crippen molar-refractivity contribution in [3.63, 3.8) is 0 Å². The Morgan fingerprint density at radius 1 is 1.11 bits per heavy atom. The number of fused-ring (bicyclic) bond motifs is 3. The van der Waals surface area contributed by atoms with Crippen molar-refractivity contribution in [2.75, 3.05) is 31.6 Å². The van der Waals surface area contributed by atoms with Gasteiger partial charge in [0.1, 0.15) is 11.6 Å². The summed E-state index contributed by atoms with van der Waals surface area (Å²) in [6.07, 6.45) is 9.99. The maximum atomic E-state index is 6.17. The Morgan fingerprint density at radius 3 is 2.74 bits per heavy atom. The zero-order valence-electron chi connectivity index (χ0n) is 16.5. The first-order valence-corrected chi connectivity index (χ1v) is 10.9. The fraction of sp³-hybridized carbons (Fsp3) is 0.609. The van der Waals surface area contributed by atoms with Gasteiger partial charge in [-0.2, -0.15) is 0 Å². The average molecular weight is 366 g/mol. The van der Waals surface area contributed by atoms with Gasteiger partial charge in [0.05, 0.1) is 12.1 Å². The van der Waals surface area contributed by atoms with Gasteiger partial charge in [0.25, 0.3) is 0 Å². The van der Waals surface area contributed by atoms with Crippen molar-refractivity contribution in [1.29, 1.82) is 0 Å². The molecule has 27 heavy (non-hydrogen) atoms. The van der Waals surface area contributed by atoms with Crippen molar-refractivity contribution >= 4 is 16.7 Å². The predicted octanol–water partition coefficient (Wildman–Crippen LogP) is 4.47. The van der Waals surface area contributed by atoms with E-state index >= 15 is 0 Å². The van der Waals surface area contributed by atoms with Gasteiger partial charge in [-0.1, -0.05) is 0 Å². The van der Waals surface area contributed by atoms with Crippen LogP contribution < -0.4 is 10.1 Å². The number of hydrogen-bond acceptors (Lipinski definition) is 4. The molecule has 0 amide bonds. The molecule has 1 saturated carbocycles. The second kappa shape index (κ2) is 7.31. The molecule has 2 fully saturated rings. The Balaban J connectivity index is 1.35. The van der Waals surface area contributed by atoms with Gasteiger partial charge < -0.3 is 15.0 Å². The van der Waals surface area contributed by atoms with Crippen LogP contribution in [0.25, 0.3) is 10.9 Å². The first-order chi connectivity index (χ1) is 13.3. The zero-order valence-corrected chi connectivity index (χ0v) is 16.5. The molecular formula is C23H31N3O. The topological polar surface area (TPSA) is 37.4 Å². The summed E-state index contributed by atoms with van der Waals surface area (Å²) in [7, 11) is 0. The summed E-state index contributed by atoms with van der Waals surface area (Å²) in [6.45, 7) is 6.66. The third-order valence-corrected chi connectivity index (χ3v) is 6.35. The van der Waals surface area contributed by atoms with Crippen molar-refractivity contribution in [3.05, 3.63) is 28.8 Å². The van der Waals surface area contributed by atoms with Crippen molar-refractivity contribution in [1.82, 2.24) is 9.88 Å². The summed E-state index contributed by atoms with van der Waals surface area (Å²) in [5.41, 5.74) is 5.32. The standard InChI is InChI=1S/C23H31N3O/c1-16-14-20-18-6-4-7-19(18)23(24-17-8-9-17)25-21(20)15-22(16)27-13-5-12-26-10-2-3-11-26/h14-15,17H,2-13H2,1H3,(H,24,25). The van der Waals surface area contributed by atoms with Crippen molar-refractivity contribution < 1.29 is 4.74 Å². The number of benzene rings is 1. The first-order valence-electron chi connectivity index (χ1n) is 10.9. The van der Waals surface area contributed by atoms with Crippen molar-refractivity contribution in [3.8, 4) is 5.75 Å². The largest absolute Gasteiger partial charge is 0.493 e. The van der Waals surface area contributed by atoms with Crippen molar-refractivity contribution in [2.24, 2.45) is 0 Å². The van der Waals surface area contributed by atoms with E-state index in [1.807, 2.05) is 0 Å². The average Bonchev–Trinajstić information content (AvgIpc) is 3.12. The van der Waals surface area contributed by atoms with Gasteiger partial charge in [0.15, 0.2) is 0 Å². The fourth-order valence-electron chi connectivity index (χ4n) is 4.67. The summed E-state index contributed by atoms with van der Waals surface area (Å²) >= 11 is 0. The molecule has 1 aliphatic heterocycles. The SMILES string of the molecule is Cc1cc2c3c(c(NC4CC4)nc2cc1OCCCN1CCCC1)CCC3. The highest BCUT2D eigenvalue weighted by molar-refractivity contribution is 5.88. The number of hydrogen-bond donors (Lipinski definition) is 1. The highest BCUT2D eigenvalue weighted by Gasteiger charge is 2.26. The van der Waals surface area contributed by atoms with Crippen LogP contribution in [0.5, 0.6) is 5.75 Å². The molecule has 0 atom stereocenters. The first kappa shape index (κ1) is 17.3. The number of aromatic nitrogens is 1. The molecule has 5 rings (SSSR count). The Kier molecular flexibility index (Phi) is 4.68. The molecule has 1 aromatic carbocycles. The molecule has 1 aromatic heterocycles. The minimum Gasteiger partial charge on any atom is -0.493 e. The van der Waals surface area contributed by atoms with Crippen LogP contribution in [0, 0.1) is 6.92 Å². The normalized spacial score (nSPS) is 19.6. The second-order valence-corrected chi connectivity index (χ2v) is 8.58. The van der Waals surface area contributed by atoms with Gasteiger partial charge in [-0.05, 0) is 94.1 Å². The number of likely N-dealkylation sites (tertiary alicyclic amines) is 1. The summed E-state index contributed by atoms with van der Waals surface area (Å²) in [5, 5.41) is 5.01. The minimum atomic E-state index is 0.645. The maximum absolute atomic E-state index is 6.17. The molecule has 0 bridgehead atoms. The number of nitrogens with one attached hydrogen (secondary N) is 1. The quantitative estimate of drug-likeness (QED) is 0.735. The number of ether oxygens (including phenoxy) is 1. The summed E-state index contributed by atoms with van der Waals surface area (Å²) < 4.78 is 6.17. The van der Waals surface area contributed by atoms with Crippen LogP contribution >= 0.6 is 0 Å². The number of rotatable bonds is 7. The zero-order chi connectivity index (χ0) is 18.2. The van der Waals surface area contributed by atoms with E-state index in [2.05, 4.69) is 29.3 Å². The maximum Gasteiger partial charge on any atom is 0.130 e. The molecule has 1 N–H and O–H groups in total. The number of aryl methyl sites for hydroxylation is 2. The van der Waals surface area contributed by atoms with E-state index < -0.39 is 0 Å². The lowest BCUT2D eigenvalue weighted by Crippen LogP contribution is -2.22. The molecule has 144 valence electrons. The third kappa shape index (κ3) is 3.64. The summed E-state index contributed by atoms with van der Waals surface area (Å²) in [6, 6.07) is 5.13. The van der Waals surface area contributed by atoms with Gasteiger partial charge in [-0.3, -0.25) is 0 Å². The fourth-order valence-corrected chi connectivity index (χ4v) is 4.67. The van der Waals surface area contributed by atoms with Crippen LogP contribution in [-0.2, 0) is 12.8 Å². The number of nitrogens with zero attached hydrogens (tertiary/aromatic N) is 2. The lowest BCUT2D eigenvalue weighted by atomic mass is 10.0. The molecule has 0 radical (unpaired) electrons. The lowest BCUT2D eigenvalue weighted by Gasteiger charge is -2.17. The van der Waals surface area contributed by atoms with E-state index in [4.69, 9.17) is 9.72 Å². The Hall–Kier alpha value is -1.81. The van der Waals surface area contributed by atoms with Crippen LogP contribution in [0.4, 0.5) is 5.82 Å². The lowest BCUT2D eigenvalue weighted by molar-refractivity contribution is 0.262. The summed E-state index contributed by atoms with van der Waals surface area (Å²) in [5.74, 6) is 2.15. The molecule has 3 aliphatic rings. The van der Waals surface area contributed by atoms with Gasteiger partial charge in [-0.15, -0.1) is 0 Å². The number of anilines is 1. The Labute approximate surface area is 162 Å². The minimum absolute atomic E-state index is 0.645. The third-order valence-electron chi connectivity index (χ3n) is 6.35. The smallest absolute Gasteiger partial charge is 0.130 e. The van der Waals surface area contributed by atoms with Crippen LogP contribution in [0.1, 0.15) is 55.2 Å². The van der Waals surface area contributed by atoms with Gasteiger partial charge in [0, 0.05) is 24.0 Å². The van der Waals surface area contributed by atoms with Crippen LogP contribution in [-0.4, -0.2) is 42.2 Å². The van der Waals surface area contributed by atoms with E-state index in [1.165, 1.54) is 80.1 Å². The highest BCUT2D eigenvalue weighted by Crippen LogP contribution is 2.38. The second-order valence-electron chi connectivity index (χ2n) is 8.58. The van der Waals surface area contributed by atoms with Crippen LogP contribution in [0.2, 0.25) is 0 Å². The Bertz CT molecular complexity index is 837. The molecule has 0 unspecified atom stereocenters. The monoisotopic (exact) mass is 365 g/mol. The predicted molar refractivity (Wildman–Crippen MR) is 111 cm³/mol. The van der Waals surface area contributed by atoms with Gasteiger partial charge in [0.2, 0.25) is 0 Å². The summed E-state index contributed by atoms with van der Waals surface area (Å²) in [4.78, 5) is 7.57. The molecular weight excluding hydrogens is 334 g/mol. The van der Waals surface area contributed by atoms with Gasteiger partial charge >= 0.3 is 0 Å². The van der Waals surface area contributed by atoms with Crippen LogP contribution in [0.15, 0.2) is 12.1 Å². The molecule has 2 heterocycles. The van der Waals surface area contributed by atoms with Gasteiger partial charge in [-0.25, -0.2) is 4.98 Å². The van der Waals surface area contributed by atoms with E-state index in [9.17, 15) is 0 Å². The molecule has 4 nitrogen and oxygen atoms in total. The highest BCUT2D eigenvalue weighted by atomic mass is 16.5. The van der Waals surface area contributed by atoms with E-state index in [0.717, 1.165) is 36.7 Å². The van der Waals surface area contributed by atoms with E-state index in [-0.39, 0.29) is 0 Å². The molecule has 0 spiro atoms. The molecule has 2 aliphatic carbocycles. The Morgan fingerprint density at radius 2 is 1.93 bits per heavy atom. The molecule has 2 aromatic rings. The van der Waals surface area contributed by atoms with E-state index in [0.29, 0.717) is 6.04 Å². The van der Waals surface area contributed by atoms with Crippen molar-refractivity contribution in [2.45, 2.75) is 64.3 Å². The molecule has 1 saturated heterocycles.